The standard InChI is InChI=1S/C20H33N5O2/c1-15(2)22-20(26)25-12-6-4-5-7-17(25)16-9-13-24(14-10-16)19-21-11-8-18(23-19)27-3/h8,11,15-17H,4-7,9-10,12-14H2,1-3H3,(H,22,26). The van der Waals surface area contributed by atoms with Gasteiger partial charge in [-0.15, -0.1) is 0 Å². The number of amides is 2. The second-order valence-electron chi connectivity index (χ2n) is 7.94. The molecule has 3 rings (SSSR count). The third-order valence-electron chi connectivity index (χ3n) is 5.67. The van der Waals surface area contributed by atoms with Crippen LogP contribution in [0.1, 0.15) is 52.4 Å². The summed E-state index contributed by atoms with van der Waals surface area (Å²) >= 11 is 0. The highest BCUT2D eigenvalue weighted by Crippen LogP contribution is 2.31. The molecule has 2 fully saturated rings. The fraction of sp³-hybridized carbons (Fsp3) is 0.750. The smallest absolute Gasteiger partial charge is 0.317 e. The molecule has 2 saturated heterocycles. The minimum Gasteiger partial charge on any atom is -0.481 e. The van der Waals surface area contributed by atoms with Crippen molar-refractivity contribution in [2.75, 3.05) is 31.6 Å². The van der Waals surface area contributed by atoms with Gasteiger partial charge in [-0.1, -0.05) is 12.8 Å². The number of rotatable bonds is 4. The Kier molecular flexibility index (Phi) is 6.74. The molecule has 2 amide bonds. The summed E-state index contributed by atoms with van der Waals surface area (Å²) in [5.41, 5.74) is 0. The Bertz CT molecular complexity index is 616. The van der Waals surface area contributed by atoms with E-state index in [0.29, 0.717) is 17.8 Å². The van der Waals surface area contributed by atoms with E-state index >= 15 is 0 Å². The molecule has 7 heteroatoms. The van der Waals surface area contributed by atoms with Gasteiger partial charge in [0.1, 0.15) is 0 Å². The van der Waals surface area contributed by atoms with Crippen LogP contribution in [0.5, 0.6) is 5.88 Å². The summed E-state index contributed by atoms with van der Waals surface area (Å²) in [6.45, 7) is 6.78. The van der Waals surface area contributed by atoms with Crippen LogP contribution in [0, 0.1) is 5.92 Å². The van der Waals surface area contributed by atoms with Crippen LogP contribution in [-0.4, -0.2) is 59.7 Å². The number of hydrogen-bond acceptors (Lipinski definition) is 5. The molecule has 0 aromatic carbocycles. The van der Waals surface area contributed by atoms with Gasteiger partial charge in [0.25, 0.3) is 0 Å². The minimum absolute atomic E-state index is 0.107. The number of ether oxygens (including phenoxy) is 1. The molecule has 0 spiro atoms. The lowest BCUT2D eigenvalue weighted by molar-refractivity contribution is 0.135. The predicted octanol–water partition coefficient (Wildman–Crippen LogP) is 3.06. The highest BCUT2D eigenvalue weighted by molar-refractivity contribution is 5.74. The van der Waals surface area contributed by atoms with Gasteiger partial charge in [0, 0.05) is 44.0 Å². The Morgan fingerprint density at radius 1 is 1.19 bits per heavy atom. The van der Waals surface area contributed by atoms with Crippen LogP contribution in [0.25, 0.3) is 0 Å². The molecular formula is C20H33N5O2. The molecule has 150 valence electrons. The molecule has 2 aliphatic heterocycles. The number of anilines is 1. The summed E-state index contributed by atoms with van der Waals surface area (Å²) in [6.07, 6.45) is 8.54. The van der Waals surface area contributed by atoms with Crippen molar-refractivity contribution < 1.29 is 9.53 Å². The molecule has 0 aliphatic carbocycles. The van der Waals surface area contributed by atoms with Crippen LogP contribution < -0.4 is 15.0 Å². The predicted molar refractivity (Wildman–Crippen MR) is 106 cm³/mol. The third kappa shape index (κ3) is 5.02. The van der Waals surface area contributed by atoms with E-state index in [1.165, 1.54) is 12.8 Å². The fourth-order valence-corrected chi connectivity index (χ4v) is 4.29. The maximum Gasteiger partial charge on any atom is 0.317 e. The normalized spacial score (nSPS) is 21.9. The Morgan fingerprint density at radius 3 is 2.67 bits per heavy atom. The van der Waals surface area contributed by atoms with Crippen molar-refractivity contribution in [3.05, 3.63) is 12.3 Å². The Labute approximate surface area is 162 Å². The zero-order valence-corrected chi connectivity index (χ0v) is 16.9. The topological polar surface area (TPSA) is 70.6 Å². The molecule has 1 aromatic heterocycles. The highest BCUT2D eigenvalue weighted by atomic mass is 16.5. The lowest BCUT2D eigenvalue weighted by Crippen LogP contribution is -2.52. The maximum absolute atomic E-state index is 12.7. The number of piperidine rings is 1. The van der Waals surface area contributed by atoms with Crippen molar-refractivity contribution in [2.45, 2.75) is 64.5 Å². The molecule has 3 heterocycles. The summed E-state index contributed by atoms with van der Waals surface area (Å²) in [6, 6.07) is 2.40. The first-order valence-electron chi connectivity index (χ1n) is 10.3. The van der Waals surface area contributed by atoms with Gasteiger partial charge in [-0.25, -0.2) is 9.78 Å². The summed E-state index contributed by atoms with van der Waals surface area (Å²) in [5.74, 6) is 1.88. The number of urea groups is 1. The van der Waals surface area contributed by atoms with E-state index in [4.69, 9.17) is 4.74 Å². The second-order valence-corrected chi connectivity index (χ2v) is 7.94. The van der Waals surface area contributed by atoms with E-state index < -0.39 is 0 Å². The molecule has 1 atom stereocenters. The van der Waals surface area contributed by atoms with Crippen LogP contribution in [0.2, 0.25) is 0 Å². The van der Waals surface area contributed by atoms with Gasteiger partial charge >= 0.3 is 6.03 Å². The molecule has 1 aromatic rings. The third-order valence-corrected chi connectivity index (χ3v) is 5.67. The highest BCUT2D eigenvalue weighted by Gasteiger charge is 2.34. The second kappa shape index (κ2) is 9.24. The Morgan fingerprint density at radius 2 is 1.96 bits per heavy atom. The van der Waals surface area contributed by atoms with E-state index in [-0.39, 0.29) is 12.1 Å². The number of aromatic nitrogens is 2. The number of nitrogens with one attached hydrogen (secondary N) is 1. The van der Waals surface area contributed by atoms with Gasteiger partial charge < -0.3 is 19.9 Å². The average molecular weight is 376 g/mol. The van der Waals surface area contributed by atoms with Gasteiger partial charge in [0.15, 0.2) is 0 Å². The molecule has 0 saturated carbocycles. The van der Waals surface area contributed by atoms with Gasteiger partial charge in [-0.05, 0) is 45.4 Å². The molecule has 1 unspecified atom stereocenters. The summed E-state index contributed by atoms with van der Waals surface area (Å²) in [4.78, 5) is 26.0. The number of carbonyl (C=O) groups is 1. The van der Waals surface area contributed by atoms with Crippen LogP contribution >= 0.6 is 0 Å². The number of likely N-dealkylation sites (tertiary alicyclic amines) is 1. The minimum atomic E-state index is 0.107. The molecule has 0 radical (unpaired) electrons. The zero-order valence-electron chi connectivity index (χ0n) is 16.9. The molecule has 27 heavy (non-hydrogen) atoms. The number of carbonyl (C=O) groups excluding carboxylic acids is 1. The van der Waals surface area contributed by atoms with Crippen LogP contribution in [0.3, 0.4) is 0 Å². The lowest BCUT2D eigenvalue weighted by atomic mass is 9.86. The lowest BCUT2D eigenvalue weighted by Gasteiger charge is -2.40. The average Bonchev–Trinajstić information content (AvgIpc) is 2.94. The van der Waals surface area contributed by atoms with Crippen molar-refractivity contribution in [1.82, 2.24) is 20.2 Å². The SMILES string of the molecule is COc1ccnc(N2CCC(C3CCCCCN3C(=O)NC(C)C)CC2)n1. The van der Waals surface area contributed by atoms with Gasteiger partial charge in [-0.3, -0.25) is 0 Å². The summed E-state index contributed by atoms with van der Waals surface area (Å²) in [7, 11) is 1.63. The zero-order chi connectivity index (χ0) is 19.2. The van der Waals surface area contributed by atoms with Gasteiger partial charge in [-0.2, -0.15) is 4.98 Å². The van der Waals surface area contributed by atoms with Crippen molar-refractivity contribution in [3.8, 4) is 5.88 Å². The molecule has 0 bridgehead atoms. The molecule has 7 nitrogen and oxygen atoms in total. The summed E-state index contributed by atoms with van der Waals surface area (Å²) in [5, 5.41) is 3.10. The van der Waals surface area contributed by atoms with Crippen molar-refractivity contribution in [2.24, 2.45) is 5.92 Å². The first-order chi connectivity index (χ1) is 13.1. The van der Waals surface area contributed by atoms with Crippen LogP contribution in [-0.2, 0) is 0 Å². The van der Waals surface area contributed by atoms with E-state index in [0.717, 1.165) is 51.3 Å². The first-order valence-corrected chi connectivity index (χ1v) is 10.3. The number of nitrogens with zero attached hydrogens (tertiary/aromatic N) is 4. The number of hydrogen-bond donors (Lipinski definition) is 1. The fourth-order valence-electron chi connectivity index (χ4n) is 4.29. The van der Waals surface area contributed by atoms with E-state index in [2.05, 4.69) is 25.1 Å². The molecule has 1 N–H and O–H groups in total. The molecular weight excluding hydrogens is 342 g/mol. The van der Waals surface area contributed by atoms with Gasteiger partial charge in [0.2, 0.25) is 11.8 Å². The van der Waals surface area contributed by atoms with Gasteiger partial charge in [0.05, 0.1) is 7.11 Å². The quantitative estimate of drug-likeness (QED) is 0.876. The van der Waals surface area contributed by atoms with Crippen molar-refractivity contribution in [1.29, 1.82) is 0 Å². The summed E-state index contributed by atoms with van der Waals surface area (Å²) < 4.78 is 5.22. The van der Waals surface area contributed by atoms with Crippen LogP contribution in [0.15, 0.2) is 12.3 Å². The Hall–Kier alpha value is -2.05. The van der Waals surface area contributed by atoms with E-state index in [1.54, 1.807) is 19.4 Å². The Balaban J connectivity index is 1.64. The van der Waals surface area contributed by atoms with E-state index in [9.17, 15) is 4.79 Å². The maximum atomic E-state index is 12.7. The van der Waals surface area contributed by atoms with E-state index in [1.807, 2.05) is 13.8 Å². The monoisotopic (exact) mass is 375 g/mol. The first kappa shape index (κ1) is 19.7. The molecule has 2 aliphatic rings. The van der Waals surface area contributed by atoms with Crippen LogP contribution in [0.4, 0.5) is 10.7 Å². The largest absolute Gasteiger partial charge is 0.481 e. The van der Waals surface area contributed by atoms with Crippen molar-refractivity contribution >= 4 is 12.0 Å². The number of methoxy groups -OCH3 is 1. The van der Waals surface area contributed by atoms with Crippen molar-refractivity contribution in [3.63, 3.8) is 0 Å².